The number of nitrogens with one attached hydrogen (secondary N) is 1. The highest BCUT2D eigenvalue weighted by molar-refractivity contribution is 8.01. The van der Waals surface area contributed by atoms with E-state index in [2.05, 4.69) is 19.7 Å². The number of anilines is 1. The molecule has 0 aliphatic heterocycles. The van der Waals surface area contributed by atoms with Gasteiger partial charge in [-0.05, 0) is 55.5 Å². The molecule has 3 aromatic rings. The van der Waals surface area contributed by atoms with Crippen molar-refractivity contribution >= 4 is 17.6 Å². The molecule has 1 aliphatic rings. The van der Waals surface area contributed by atoms with Crippen LogP contribution in [-0.2, 0) is 6.42 Å². The molecule has 29 heavy (non-hydrogen) atoms. The summed E-state index contributed by atoms with van der Waals surface area (Å²) >= 11 is 1.69. The molecule has 1 aromatic carbocycles. The molecule has 0 atom stereocenters. The van der Waals surface area contributed by atoms with Crippen molar-refractivity contribution in [1.82, 2.24) is 15.0 Å². The summed E-state index contributed by atoms with van der Waals surface area (Å²) in [6.07, 6.45) is 7.13. The standard InChI is InChI=1S/C21H20F2N4OS/c1-2-28-19-12-24-11-18(26-19)17-6-3-13(20(22)21(17)23)9-15-10-14(7-8-25-15)27-29-16-4-5-16/h3,6-8,10-12,16H,2,4-5,9H2,1H3,(H,25,27). The Morgan fingerprint density at radius 2 is 2.03 bits per heavy atom. The molecule has 0 amide bonds. The fraction of sp³-hybridized carbons (Fsp3) is 0.286. The molecule has 8 heteroatoms. The molecule has 2 heterocycles. The maximum absolute atomic E-state index is 14.7. The van der Waals surface area contributed by atoms with E-state index in [1.54, 1.807) is 24.2 Å². The number of halogens is 2. The molecular formula is C21H20F2N4OS. The maximum Gasteiger partial charge on any atom is 0.232 e. The highest BCUT2D eigenvalue weighted by Gasteiger charge is 2.22. The van der Waals surface area contributed by atoms with Crippen LogP contribution in [0.25, 0.3) is 11.3 Å². The molecule has 1 saturated carbocycles. The Hall–Kier alpha value is -2.74. The van der Waals surface area contributed by atoms with E-state index in [9.17, 15) is 8.78 Å². The second kappa shape index (κ2) is 8.73. The largest absolute Gasteiger partial charge is 0.477 e. The Labute approximate surface area is 172 Å². The van der Waals surface area contributed by atoms with Gasteiger partial charge in [-0.1, -0.05) is 6.07 Å². The molecule has 5 nitrogen and oxygen atoms in total. The number of hydrogen-bond donors (Lipinski definition) is 1. The Balaban J connectivity index is 1.54. The van der Waals surface area contributed by atoms with Crippen molar-refractivity contribution in [3.63, 3.8) is 0 Å². The van der Waals surface area contributed by atoms with Crippen LogP contribution in [0.3, 0.4) is 0 Å². The average molecular weight is 414 g/mol. The van der Waals surface area contributed by atoms with Gasteiger partial charge in [-0.15, -0.1) is 0 Å². The normalized spacial score (nSPS) is 13.3. The van der Waals surface area contributed by atoms with Crippen LogP contribution < -0.4 is 9.46 Å². The third-order valence-electron chi connectivity index (χ3n) is 4.40. The van der Waals surface area contributed by atoms with E-state index >= 15 is 0 Å². The van der Waals surface area contributed by atoms with Crippen LogP contribution >= 0.6 is 11.9 Å². The molecule has 4 rings (SSSR count). The summed E-state index contributed by atoms with van der Waals surface area (Å²) in [5, 5.41) is 0.662. The lowest BCUT2D eigenvalue weighted by Crippen LogP contribution is -2.02. The van der Waals surface area contributed by atoms with Gasteiger partial charge in [-0.3, -0.25) is 9.97 Å². The van der Waals surface area contributed by atoms with E-state index in [-0.39, 0.29) is 29.1 Å². The summed E-state index contributed by atoms with van der Waals surface area (Å²) in [5.41, 5.74) is 2.08. The second-order valence-corrected chi connectivity index (χ2v) is 7.81. The first-order valence-electron chi connectivity index (χ1n) is 9.42. The van der Waals surface area contributed by atoms with Crippen molar-refractivity contribution in [3.8, 4) is 17.1 Å². The van der Waals surface area contributed by atoms with E-state index in [1.165, 1.54) is 31.3 Å². The number of pyridine rings is 1. The van der Waals surface area contributed by atoms with Gasteiger partial charge in [0.25, 0.3) is 0 Å². The van der Waals surface area contributed by atoms with Crippen LogP contribution in [-0.4, -0.2) is 26.8 Å². The van der Waals surface area contributed by atoms with Crippen LogP contribution in [0, 0.1) is 11.6 Å². The first kappa shape index (κ1) is 19.6. The molecule has 0 radical (unpaired) electrons. The van der Waals surface area contributed by atoms with Crippen LogP contribution in [0.5, 0.6) is 5.88 Å². The highest BCUT2D eigenvalue weighted by Crippen LogP contribution is 2.34. The number of aromatic nitrogens is 3. The van der Waals surface area contributed by atoms with Crippen molar-refractivity contribution in [2.75, 3.05) is 11.3 Å². The van der Waals surface area contributed by atoms with Gasteiger partial charge in [0.05, 0.1) is 24.7 Å². The molecule has 0 bridgehead atoms. The number of benzene rings is 1. The highest BCUT2D eigenvalue weighted by atomic mass is 32.2. The summed E-state index contributed by atoms with van der Waals surface area (Å²) in [4.78, 5) is 12.5. The van der Waals surface area contributed by atoms with Crippen molar-refractivity contribution in [2.45, 2.75) is 31.4 Å². The summed E-state index contributed by atoms with van der Waals surface area (Å²) in [6, 6.07) is 6.79. The molecule has 1 N–H and O–H groups in total. The van der Waals surface area contributed by atoms with E-state index in [4.69, 9.17) is 4.74 Å². The predicted molar refractivity (Wildman–Crippen MR) is 110 cm³/mol. The van der Waals surface area contributed by atoms with Crippen LogP contribution in [0.15, 0.2) is 42.9 Å². The SMILES string of the molecule is CCOc1cncc(-c2ccc(Cc3cc(NSC4CC4)ccn3)c(F)c2F)n1. The second-order valence-electron chi connectivity index (χ2n) is 6.71. The van der Waals surface area contributed by atoms with Gasteiger partial charge < -0.3 is 9.46 Å². The lowest BCUT2D eigenvalue weighted by molar-refractivity contribution is 0.325. The molecule has 0 spiro atoms. The van der Waals surface area contributed by atoms with Crippen LogP contribution in [0.4, 0.5) is 14.5 Å². The summed E-state index contributed by atoms with van der Waals surface area (Å²) in [7, 11) is 0. The summed E-state index contributed by atoms with van der Waals surface area (Å²) in [6.45, 7) is 2.22. The maximum atomic E-state index is 14.7. The van der Waals surface area contributed by atoms with Crippen LogP contribution in [0.1, 0.15) is 31.0 Å². The fourth-order valence-electron chi connectivity index (χ4n) is 2.79. The predicted octanol–water partition coefficient (Wildman–Crippen LogP) is 5.03. The van der Waals surface area contributed by atoms with E-state index < -0.39 is 11.6 Å². The van der Waals surface area contributed by atoms with E-state index in [0.29, 0.717) is 17.6 Å². The van der Waals surface area contributed by atoms with Gasteiger partial charge in [0, 0.05) is 34.8 Å². The van der Waals surface area contributed by atoms with Crippen molar-refractivity contribution < 1.29 is 13.5 Å². The van der Waals surface area contributed by atoms with Crippen molar-refractivity contribution in [3.05, 3.63) is 65.7 Å². The first-order chi connectivity index (χ1) is 14.1. The molecule has 0 unspecified atom stereocenters. The zero-order chi connectivity index (χ0) is 20.2. The lowest BCUT2D eigenvalue weighted by Gasteiger charge is -2.10. The minimum absolute atomic E-state index is 0.0458. The molecule has 2 aromatic heterocycles. The number of nitrogens with zero attached hydrogens (tertiary/aromatic N) is 3. The van der Waals surface area contributed by atoms with Gasteiger partial charge in [0.2, 0.25) is 5.88 Å². The molecule has 1 fully saturated rings. The van der Waals surface area contributed by atoms with Crippen LogP contribution in [0.2, 0.25) is 0 Å². The van der Waals surface area contributed by atoms with E-state index in [0.717, 1.165) is 5.69 Å². The number of ether oxygens (including phenoxy) is 1. The third-order valence-corrected chi connectivity index (χ3v) is 5.56. The number of hydrogen-bond acceptors (Lipinski definition) is 6. The van der Waals surface area contributed by atoms with Gasteiger partial charge in [-0.2, -0.15) is 0 Å². The Bertz CT molecular complexity index is 1010. The van der Waals surface area contributed by atoms with Crippen molar-refractivity contribution in [1.29, 1.82) is 0 Å². The van der Waals surface area contributed by atoms with Gasteiger partial charge in [-0.25, -0.2) is 13.8 Å². The quantitative estimate of drug-likeness (QED) is 0.522. The molecule has 150 valence electrons. The minimum atomic E-state index is -0.955. The van der Waals surface area contributed by atoms with Gasteiger partial charge in [0.15, 0.2) is 11.6 Å². The smallest absolute Gasteiger partial charge is 0.232 e. The lowest BCUT2D eigenvalue weighted by atomic mass is 10.0. The average Bonchev–Trinajstić information content (AvgIpc) is 3.55. The third kappa shape index (κ3) is 4.82. The molecular weight excluding hydrogens is 394 g/mol. The zero-order valence-corrected chi connectivity index (χ0v) is 16.7. The number of rotatable bonds is 8. The van der Waals surface area contributed by atoms with Gasteiger partial charge >= 0.3 is 0 Å². The summed E-state index contributed by atoms with van der Waals surface area (Å²) in [5.74, 6) is -1.59. The fourth-order valence-corrected chi connectivity index (χ4v) is 3.59. The van der Waals surface area contributed by atoms with Crippen molar-refractivity contribution in [2.24, 2.45) is 0 Å². The molecule has 1 aliphatic carbocycles. The summed E-state index contributed by atoms with van der Waals surface area (Å²) < 4.78 is 38.1. The zero-order valence-electron chi connectivity index (χ0n) is 15.9. The molecule has 0 saturated heterocycles. The minimum Gasteiger partial charge on any atom is -0.477 e. The topological polar surface area (TPSA) is 59.9 Å². The Morgan fingerprint density at radius 3 is 2.83 bits per heavy atom. The van der Waals surface area contributed by atoms with E-state index in [1.807, 2.05) is 19.1 Å². The first-order valence-corrected chi connectivity index (χ1v) is 10.3. The van der Waals surface area contributed by atoms with Gasteiger partial charge in [0.1, 0.15) is 0 Å². The Kier molecular flexibility index (Phi) is 5.89. The monoisotopic (exact) mass is 414 g/mol. The Morgan fingerprint density at radius 1 is 1.17 bits per heavy atom.